The highest BCUT2D eigenvalue weighted by Crippen LogP contribution is 2.36. The molecule has 1 aliphatic rings. The zero-order chi connectivity index (χ0) is 16.4. The maximum atomic E-state index is 12.5. The van der Waals surface area contributed by atoms with Crippen molar-refractivity contribution in [2.45, 2.75) is 0 Å². The molecule has 0 atom stereocenters. The number of imide groups is 1. The predicted molar refractivity (Wildman–Crippen MR) is 89.6 cm³/mol. The van der Waals surface area contributed by atoms with Gasteiger partial charge in [0, 0.05) is 0 Å². The Morgan fingerprint density at radius 1 is 1.04 bits per heavy atom. The van der Waals surface area contributed by atoms with Crippen molar-refractivity contribution in [1.82, 2.24) is 0 Å². The van der Waals surface area contributed by atoms with Crippen molar-refractivity contribution in [3.05, 3.63) is 59.0 Å². The summed E-state index contributed by atoms with van der Waals surface area (Å²) in [6.07, 6.45) is 1.63. The summed E-state index contributed by atoms with van der Waals surface area (Å²) in [7, 11) is 1.55. The number of anilines is 1. The van der Waals surface area contributed by atoms with Crippen LogP contribution in [0.25, 0.3) is 6.08 Å². The van der Waals surface area contributed by atoms with Crippen LogP contribution in [0.5, 0.6) is 11.5 Å². The molecule has 1 aliphatic heterocycles. The van der Waals surface area contributed by atoms with Gasteiger partial charge in [0.15, 0.2) is 0 Å². The number of nitrogens with zero attached hydrogens (tertiary/aromatic N) is 1. The fourth-order valence-corrected chi connectivity index (χ4v) is 2.98. The quantitative estimate of drug-likeness (QED) is 0.872. The molecule has 2 aromatic carbocycles. The zero-order valence-electron chi connectivity index (χ0n) is 12.2. The zero-order valence-corrected chi connectivity index (χ0v) is 13.0. The summed E-state index contributed by atoms with van der Waals surface area (Å²) in [5, 5.41) is 8.94. The van der Waals surface area contributed by atoms with E-state index in [1.165, 1.54) is 12.1 Å². The largest absolute Gasteiger partial charge is 0.508 e. The average molecular weight is 327 g/mol. The van der Waals surface area contributed by atoms with Crippen LogP contribution < -0.4 is 9.64 Å². The molecule has 6 heteroatoms. The molecule has 1 N–H and O–H groups in total. The van der Waals surface area contributed by atoms with E-state index in [4.69, 9.17) is 4.74 Å². The molecule has 2 amide bonds. The Morgan fingerprint density at radius 2 is 1.70 bits per heavy atom. The number of carbonyl (C=O) groups excluding carboxylic acids is 2. The van der Waals surface area contributed by atoms with Gasteiger partial charge in [-0.2, -0.15) is 0 Å². The summed E-state index contributed by atoms with van der Waals surface area (Å²) >= 11 is 0.890. The van der Waals surface area contributed by atoms with Gasteiger partial charge >= 0.3 is 0 Å². The molecule has 2 aromatic rings. The van der Waals surface area contributed by atoms with Crippen molar-refractivity contribution in [3.63, 3.8) is 0 Å². The minimum absolute atomic E-state index is 0.147. The summed E-state index contributed by atoms with van der Waals surface area (Å²) in [5.41, 5.74) is 1.24. The molecule has 0 unspecified atom stereocenters. The number of ether oxygens (including phenoxy) is 1. The maximum absolute atomic E-state index is 12.5. The van der Waals surface area contributed by atoms with E-state index in [1.54, 1.807) is 49.6 Å². The normalized spacial score (nSPS) is 16.2. The topological polar surface area (TPSA) is 66.8 Å². The van der Waals surface area contributed by atoms with E-state index < -0.39 is 0 Å². The minimum Gasteiger partial charge on any atom is -0.508 e. The first-order valence-corrected chi connectivity index (χ1v) is 7.61. The first-order chi connectivity index (χ1) is 11.1. The van der Waals surface area contributed by atoms with Crippen molar-refractivity contribution in [3.8, 4) is 11.5 Å². The van der Waals surface area contributed by atoms with Gasteiger partial charge in [-0.1, -0.05) is 12.1 Å². The number of methoxy groups -OCH3 is 1. The molecule has 1 saturated heterocycles. The molecular formula is C17H13NO4S. The molecule has 116 valence electrons. The van der Waals surface area contributed by atoms with Crippen molar-refractivity contribution in [2.75, 3.05) is 12.0 Å². The third-order valence-electron chi connectivity index (χ3n) is 3.32. The molecule has 1 heterocycles. The van der Waals surface area contributed by atoms with Crippen LogP contribution in [0.15, 0.2) is 53.4 Å². The molecule has 0 radical (unpaired) electrons. The Labute approximate surface area is 137 Å². The number of benzene rings is 2. The summed E-state index contributed by atoms with van der Waals surface area (Å²) in [6, 6.07) is 13.1. The van der Waals surface area contributed by atoms with E-state index in [0.717, 1.165) is 22.2 Å². The molecule has 5 nitrogen and oxygen atoms in total. The number of phenols is 1. The van der Waals surface area contributed by atoms with Gasteiger partial charge in [-0.3, -0.25) is 9.59 Å². The van der Waals surface area contributed by atoms with Crippen LogP contribution in [0.4, 0.5) is 10.5 Å². The molecule has 0 aromatic heterocycles. The number of aromatic hydroxyl groups is 1. The number of hydrogen-bond acceptors (Lipinski definition) is 5. The Morgan fingerprint density at radius 3 is 2.30 bits per heavy atom. The number of thioether (sulfide) groups is 1. The highest BCUT2D eigenvalue weighted by atomic mass is 32.2. The van der Waals surface area contributed by atoms with Gasteiger partial charge in [0.1, 0.15) is 11.5 Å². The van der Waals surface area contributed by atoms with Crippen LogP contribution in [0, 0.1) is 0 Å². The Bertz CT molecular complexity index is 781. The highest BCUT2D eigenvalue weighted by Gasteiger charge is 2.36. The molecule has 3 rings (SSSR count). The van der Waals surface area contributed by atoms with Crippen molar-refractivity contribution in [2.24, 2.45) is 0 Å². The Kier molecular flexibility index (Phi) is 4.08. The summed E-state index contributed by atoms with van der Waals surface area (Å²) < 4.78 is 5.07. The molecule has 0 bridgehead atoms. The summed E-state index contributed by atoms with van der Waals surface area (Å²) in [4.78, 5) is 26.1. The second-order valence-corrected chi connectivity index (χ2v) is 5.80. The van der Waals surface area contributed by atoms with Gasteiger partial charge in [0.25, 0.3) is 11.1 Å². The highest BCUT2D eigenvalue weighted by molar-refractivity contribution is 8.19. The lowest BCUT2D eigenvalue weighted by Gasteiger charge is -2.12. The SMILES string of the molecule is COc1ccc(N2C(=O)SC(=Cc3ccc(O)cc3)C2=O)cc1. The third-order valence-corrected chi connectivity index (χ3v) is 4.18. The number of carbonyl (C=O) groups is 2. The van der Waals surface area contributed by atoms with Crippen LogP contribution in [0.3, 0.4) is 0 Å². The second kappa shape index (κ2) is 6.18. The number of amides is 2. The van der Waals surface area contributed by atoms with Gasteiger partial charge in [0.2, 0.25) is 0 Å². The van der Waals surface area contributed by atoms with Crippen molar-refractivity contribution >= 4 is 34.7 Å². The fraction of sp³-hybridized carbons (Fsp3) is 0.0588. The van der Waals surface area contributed by atoms with Crippen LogP contribution in [0.2, 0.25) is 0 Å². The fourth-order valence-electron chi connectivity index (χ4n) is 2.14. The third kappa shape index (κ3) is 3.07. The lowest BCUT2D eigenvalue weighted by Crippen LogP contribution is -2.27. The Balaban J connectivity index is 1.88. The molecule has 1 fully saturated rings. The van der Waals surface area contributed by atoms with Crippen LogP contribution >= 0.6 is 11.8 Å². The van der Waals surface area contributed by atoms with E-state index in [-0.39, 0.29) is 16.9 Å². The molecule has 0 saturated carbocycles. The minimum atomic E-state index is -0.363. The van der Waals surface area contributed by atoms with Gasteiger partial charge < -0.3 is 9.84 Å². The van der Waals surface area contributed by atoms with Crippen molar-refractivity contribution in [1.29, 1.82) is 0 Å². The van der Waals surface area contributed by atoms with Gasteiger partial charge in [0.05, 0.1) is 17.7 Å². The number of rotatable bonds is 3. The first-order valence-electron chi connectivity index (χ1n) is 6.79. The van der Waals surface area contributed by atoms with E-state index in [2.05, 4.69) is 0 Å². The van der Waals surface area contributed by atoms with E-state index >= 15 is 0 Å². The van der Waals surface area contributed by atoms with E-state index in [0.29, 0.717) is 16.3 Å². The smallest absolute Gasteiger partial charge is 0.298 e. The van der Waals surface area contributed by atoms with Crippen LogP contribution in [-0.4, -0.2) is 23.4 Å². The van der Waals surface area contributed by atoms with Gasteiger partial charge in [-0.25, -0.2) is 4.90 Å². The van der Waals surface area contributed by atoms with Crippen LogP contribution in [-0.2, 0) is 4.79 Å². The maximum Gasteiger partial charge on any atom is 0.298 e. The van der Waals surface area contributed by atoms with Gasteiger partial charge in [-0.15, -0.1) is 0 Å². The summed E-state index contributed by atoms with van der Waals surface area (Å²) in [6.45, 7) is 0. The monoisotopic (exact) mass is 327 g/mol. The van der Waals surface area contributed by atoms with Crippen LogP contribution in [0.1, 0.15) is 5.56 Å². The molecule has 23 heavy (non-hydrogen) atoms. The standard InChI is InChI=1S/C17H13NO4S/c1-22-14-8-4-12(5-9-14)18-16(20)15(23-17(18)21)10-11-2-6-13(19)7-3-11/h2-10,19H,1H3. The predicted octanol–water partition coefficient (Wildman–Crippen LogP) is 3.64. The summed E-state index contributed by atoms with van der Waals surface area (Å²) in [5.74, 6) is 0.437. The number of phenolic OH excluding ortho intramolecular Hbond substituents is 1. The lowest BCUT2D eigenvalue weighted by atomic mass is 10.2. The average Bonchev–Trinajstić information content (AvgIpc) is 2.84. The van der Waals surface area contributed by atoms with Crippen molar-refractivity contribution < 1.29 is 19.4 Å². The lowest BCUT2D eigenvalue weighted by molar-refractivity contribution is -0.113. The number of hydrogen-bond donors (Lipinski definition) is 1. The Hall–Kier alpha value is -2.73. The molecule has 0 aliphatic carbocycles. The van der Waals surface area contributed by atoms with Gasteiger partial charge in [-0.05, 0) is 59.8 Å². The van der Waals surface area contributed by atoms with E-state index in [1.807, 2.05) is 0 Å². The van der Waals surface area contributed by atoms with E-state index in [9.17, 15) is 14.7 Å². The molecular weight excluding hydrogens is 314 g/mol. The molecule has 0 spiro atoms. The first kappa shape index (κ1) is 15.2. The second-order valence-electron chi connectivity index (χ2n) is 4.81.